The molecule has 1 N–H and O–H groups in total. The van der Waals surface area contributed by atoms with Gasteiger partial charge in [0.25, 0.3) is 5.56 Å². The second-order valence-electron chi connectivity index (χ2n) is 4.57. The van der Waals surface area contributed by atoms with Crippen molar-refractivity contribution >= 4 is 10.9 Å². The number of aliphatic hydroxyl groups is 1. The Morgan fingerprint density at radius 1 is 1.39 bits per heavy atom. The monoisotopic (exact) mass is 246 g/mol. The zero-order valence-corrected chi connectivity index (χ0v) is 9.86. The molecule has 1 aliphatic heterocycles. The highest BCUT2D eigenvalue weighted by atomic mass is 16.3. The second-order valence-corrected chi connectivity index (χ2v) is 4.57. The Hall–Kier alpha value is -1.79. The van der Waals surface area contributed by atoms with Gasteiger partial charge in [0.15, 0.2) is 0 Å². The van der Waals surface area contributed by atoms with Gasteiger partial charge in [0.05, 0.1) is 18.2 Å². The zero-order valence-electron chi connectivity index (χ0n) is 9.86. The SMILES string of the molecule is O=c1c2ccccc2nnn1CN1CC[C@@H](O)C1. The van der Waals surface area contributed by atoms with Crippen molar-refractivity contribution in [2.24, 2.45) is 0 Å². The number of likely N-dealkylation sites (tertiary alicyclic amines) is 1. The van der Waals surface area contributed by atoms with Crippen LogP contribution < -0.4 is 5.56 Å². The van der Waals surface area contributed by atoms with E-state index in [1.165, 1.54) is 4.68 Å². The molecule has 0 radical (unpaired) electrons. The minimum atomic E-state index is -0.297. The fraction of sp³-hybridized carbons (Fsp3) is 0.417. The van der Waals surface area contributed by atoms with Crippen LogP contribution in [0.3, 0.4) is 0 Å². The summed E-state index contributed by atoms with van der Waals surface area (Å²) in [5, 5.41) is 18.0. The molecule has 18 heavy (non-hydrogen) atoms. The van der Waals surface area contributed by atoms with Crippen LogP contribution in [-0.4, -0.2) is 44.2 Å². The lowest BCUT2D eigenvalue weighted by Gasteiger charge is -2.15. The number of nitrogens with zero attached hydrogens (tertiary/aromatic N) is 4. The van der Waals surface area contributed by atoms with E-state index in [2.05, 4.69) is 10.3 Å². The van der Waals surface area contributed by atoms with Gasteiger partial charge in [-0.3, -0.25) is 9.69 Å². The van der Waals surface area contributed by atoms with Gasteiger partial charge in [-0.05, 0) is 18.6 Å². The Kier molecular flexibility index (Phi) is 2.81. The van der Waals surface area contributed by atoms with Crippen LogP contribution in [0.4, 0.5) is 0 Å². The van der Waals surface area contributed by atoms with E-state index in [4.69, 9.17) is 0 Å². The molecular weight excluding hydrogens is 232 g/mol. The maximum Gasteiger partial charge on any atom is 0.278 e. The van der Waals surface area contributed by atoms with Gasteiger partial charge < -0.3 is 5.11 Å². The first-order valence-electron chi connectivity index (χ1n) is 5.97. The third-order valence-corrected chi connectivity index (χ3v) is 3.21. The molecule has 0 saturated carbocycles. The highest BCUT2D eigenvalue weighted by molar-refractivity contribution is 5.76. The summed E-state index contributed by atoms with van der Waals surface area (Å²) in [6.07, 6.45) is 0.449. The van der Waals surface area contributed by atoms with Gasteiger partial charge in [0, 0.05) is 13.1 Å². The number of β-amino-alcohol motifs (C(OH)–C–C–N with tert-alkyl or cyclic N) is 1. The van der Waals surface area contributed by atoms with E-state index in [-0.39, 0.29) is 11.7 Å². The largest absolute Gasteiger partial charge is 0.392 e. The molecule has 2 aromatic rings. The lowest BCUT2D eigenvalue weighted by atomic mass is 10.2. The fourth-order valence-corrected chi connectivity index (χ4v) is 2.25. The summed E-state index contributed by atoms with van der Waals surface area (Å²) >= 11 is 0. The summed E-state index contributed by atoms with van der Waals surface area (Å²) in [5.41, 5.74) is 0.474. The van der Waals surface area contributed by atoms with Gasteiger partial charge in [-0.15, -0.1) is 5.10 Å². The van der Waals surface area contributed by atoms with Gasteiger partial charge in [0.1, 0.15) is 5.52 Å². The highest BCUT2D eigenvalue weighted by Crippen LogP contribution is 2.09. The first-order chi connectivity index (χ1) is 8.74. The van der Waals surface area contributed by atoms with E-state index in [0.717, 1.165) is 13.0 Å². The molecule has 0 amide bonds. The summed E-state index contributed by atoms with van der Waals surface area (Å²) in [6.45, 7) is 1.75. The topological polar surface area (TPSA) is 71.2 Å². The number of rotatable bonds is 2. The summed E-state index contributed by atoms with van der Waals surface area (Å²) in [7, 11) is 0. The third-order valence-electron chi connectivity index (χ3n) is 3.21. The predicted molar refractivity (Wildman–Crippen MR) is 66.0 cm³/mol. The number of aromatic nitrogens is 3. The lowest BCUT2D eigenvalue weighted by Crippen LogP contribution is -2.33. The maximum absolute atomic E-state index is 12.2. The predicted octanol–water partition coefficient (Wildman–Crippen LogP) is -0.184. The Morgan fingerprint density at radius 3 is 3.00 bits per heavy atom. The van der Waals surface area contributed by atoms with E-state index in [1.54, 1.807) is 12.1 Å². The third kappa shape index (κ3) is 2.00. The molecule has 3 rings (SSSR count). The van der Waals surface area contributed by atoms with Crippen LogP contribution in [0, 0.1) is 0 Å². The van der Waals surface area contributed by atoms with Crippen molar-refractivity contribution < 1.29 is 5.11 Å². The number of hydrogen-bond acceptors (Lipinski definition) is 5. The molecule has 2 heterocycles. The van der Waals surface area contributed by atoms with Crippen molar-refractivity contribution in [2.45, 2.75) is 19.2 Å². The summed E-state index contributed by atoms with van der Waals surface area (Å²) in [6, 6.07) is 7.17. The first-order valence-corrected chi connectivity index (χ1v) is 5.97. The molecule has 1 fully saturated rings. The molecule has 6 heteroatoms. The van der Waals surface area contributed by atoms with Crippen molar-refractivity contribution in [3.05, 3.63) is 34.6 Å². The summed E-state index contributed by atoms with van der Waals surface area (Å²) in [4.78, 5) is 14.2. The van der Waals surface area contributed by atoms with Crippen LogP contribution in [0.25, 0.3) is 10.9 Å². The second kappa shape index (κ2) is 4.47. The average Bonchev–Trinajstić information content (AvgIpc) is 2.79. The van der Waals surface area contributed by atoms with Gasteiger partial charge in [0.2, 0.25) is 0 Å². The normalized spacial score (nSPS) is 20.6. The molecule has 1 saturated heterocycles. The van der Waals surface area contributed by atoms with Crippen molar-refractivity contribution in [3.8, 4) is 0 Å². The fourth-order valence-electron chi connectivity index (χ4n) is 2.25. The molecular formula is C12H14N4O2. The van der Waals surface area contributed by atoms with E-state index in [0.29, 0.717) is 24.1 Å². The Balaban J connectivity index is 1.93. The van der Waals surface area contributed by atoms with E-state index < -0.39 is 0 Å². The van der Waals surface area contributed by atoms with Crippen LogP contribution >= 0.6 is 0 Å². The standard InChI is InChI=1S/C12H14N4O2/c17-9-5-6-15(7-9)8-16-12(18)10-3-1-2-4-11(10)13-14-16/h1-4,9,17H,5-8H2/t9-/m1/s1. The van der Waals surface area contributed by atoms with E-state index in [1.807, 2.05) is 17.0 Å². The summed E-state index contributed by atoms with van der Waals surface area (Å²) < 4.78 is 1.35. The van der Waals surface area contributed by atoms with Crippen LogP contribution in [0.2, 0.25) is 0 Å². The van der Waals surface area contributed by atoms with Gasteiger partial charge in [-0.2, -0.15) is 4.68 Å². The van der Waals surface area contributed by atoms with Crippen LogP contribution in [0.1, 0.15) is 6.42 Å². The molecule has 1 aromatic heterocycles. The first kappa shape index (κ1) is 11.3. The molecule has 0 unspecified atom stereocenters. The van der Waals surface area contributed by atoms with Gasteiger partial charge >= 0.3 is 0 Å². The molecule has 6 nitrogen and oxygen atoms in total. The smallest absolute Gasteiger partial charge is 0.278 e. The van der Waals surface area contributed by atoms with E-state index >= 15 is 0 Å². The molecule has 94 valence electrons. The minimum absolute atomic E-state index is 0.137. The molecule has 1 aliphatic rings. The number of benzene rings is 1. The Labute approximate surface area is 103 Å². The number of fused-ring (bicyclic) bond motifs is 1. The summed E-state index contributed by atoms with van der Waals surface area (Å²) in [5.74, 6) is 0. The van der Waals surface area contributed by atoms with Crippen molar-refractivity contribution in [3.63, 3.8) is 0 Å². The molecule has 1 atom stereocenters. The van der Waals surface area contributed by atoms with Crippen molar-refractivity contribution in [1.82, 2.24) is 19.9 Å². The number of hydrogen-bond donors (Lipinski definition) is 1. The molecule has 0 bridgehead atoms. The lowest BCUT2D eigenvalue weighted by molar-refractivity contribution is 0.161. The van der Waals surface area contributed by atoms with Crippen molar-refractivity contribution in [2.75, 3.05) is 13.1 Å². The highest BCUT2D eigenvalue weighted by Gasteiger charge is 2.21. The van der Waals surface area contributed by atoms with E-state index in [9.17, 15) is 9.90 Å². The van der Waals surface area contributed by atoms with Gasteiger partial charge in [-0.1, -0.05) is 17.3 Å². The van der Waals surface area contributed by atoms with Crippen molar-refractivity contribution in [1.29, 1.82) is 0 Å². The zero-order chi connectivity index (χ0) is 12.5. The van der Waals surface area contributed by atoms with Crippen LogP contribution in [-0.2, 0) is 6.67 Å². The molecule has 0 aliphatic carbocycles. The number of aliphatic hydroxyl groups excluding tert-OH is 1. The van der Waals surface area contributed by atoms with Crippen LogP contribution in [0.5, 0.6) is 0 Å². The minimum Gasteiger partial charge on any atom is -0.392 e. The quantitative estimate of drug-likeness (QED) is 0.795. The Morgan fingerprint density at radius 2 is 2.22 bits per heavy atom. The molecule has 1 aromatic carbocycles. The Bertz CT molecular complexity index is 625. The maximum atomic E-state index is 12.2. The van der Waals surface area contributed by atoms with Gasteiger partial charge in [-0.25, -0.2) is 0 Å². The molecule has 0 spiro atoms. The average molecular weight is 246 g/mol. The van der Waals surface area contributed by atoms with Crippen LogP contribution in [0.15, 0.2) is 29.1 Å².